The first-order valence-electron chi connectivity index (χ1n) is 5.09. The molecule has 4 nitrogen and oxygen atoms in total. The quantitative estimate of drug-likeness (QED) is 0.789. The largest absolute Gasteiger partial charge is 0.481 e. The van der Waals surface area contributed by atoms with Crippen molar-refractivity contribution in [1.82, 2.24) is 4.98 Å². The van der Waals surface area contributed by atoms with Crippen LogP contribution in [0.25, 0.3) is 0 Å². The molecule has 1 aromatic heterocycles. The van der Waals surface area contributed by atoms with Crippen molar-refractivity contribution in [1.29, 1.82) is 0 Å². The lowest BCUT2D eigenvalue weighted by Gasteiger charge is -2.21. The topological polar surface area (TPSA) is 51.4 Å². The third kappa shape index (κ3) is 3.40. The highest BCUT2D eigenvalue weighted by molar-refractivity contribution is 5.39. The van der Waals surface area contributed by atoms with Gasteiger partial charge in [-0.15, -0.1) is 0 Å². The van der Waals surface area contributed by atoms with Crippen molar-refractivity contribution < 1.29 is 4.74 Å². The van der Waals surface area contributed by atoms with Gasteiger partial charge < -0.3 is 15.4 Å². The Bertz CT molecular complexity index is 304. The van der Waals surface area contributed by atoms with Gasteiger partial charge in [-0.05, 0) is 18.5 Å². The Morgan fingerprint density at radius 1 is 1.53 bits per heavy atom. The second-order valence-corrected chi connectivity index (χ2v) is 3.76. The zero-order chi connectivity index (χ0) is 11.3. The smallest absolute Gasteiger partial charge is 0.214 e. The fourth-order valence-corrected chi connectivity index (χ4v) is 1.37. The SMILES string of the molecule is COc1cccc(N(C)CC(C)CN)n1. The minimum Gasteiger partial charge on any atom is -0.481 e. The zero-order valence-electron chi connectivity index (χ0n) is 9.60. The van der Waals surface area contributed by atoms with Crippen LogP contribution in [-0.4, -0.2) is 32.2 Å². The van der Waals surface area contributed by atoms with E-state index in [1.807, 2.05) is 25.2 Å². The van der Waals surface area contributed by atoms with E-state index < -0.39 is 0 Å². The van der Waals surface area contributed by atoms with Crippen LogP contribution >= 0.6 is 0 Å². The number of rotatable bonds is 5. The molecule has 0 bridgehead atoms. The first-order valence-corrected chi connectivity index (χ1v) is 5.09. The number of hydrogen-bond donors (Lipinski definition) is 1. The zero-order valence-corrected chi connectivity index (χ0v) is 9.60. The number of nitrogens with zero attached hydrogens (tertiary/aromatic N) is 2. The predicted octanol–water partition coefficient (Wildman–Crippen LogP) is 1.12. The molecular weight excluding hydrogens is 190 g/mol. The van der Waals surface area contributed by atoms with Crippen LogP contribution < -0.4 is 15.4 Å². The fourth-order valence-electron chi connectivity index (χ4n) is 1.37. The maximum Gasteiger partial charge on any atom is 0.214 e. The number of anilines is 1. The molecule has 1 rings (SSSR count). The molecule has 1 heterocycles. The van der Waals surface area contributed by atoms with E-state index in [-0.39, 0.29) is 0 Å². The summed E-state index contributed by atoms with van der Waals surface area (Å²) in [6.45, 7) is 3.71. The second kappa shape index (κ2) is 5.56. The summed E-state index contributed by atoms with van der Waals surface area (Å²) in [7, 11) is 3.63. The van der Waals surface area contributed by atoms with Crippen molar-refractivity contribution in [2.45, 2.75) is 6.92 Å². The number of nitrogens with two attached hydrogens (primary N) is 1. The van der Waals surface area contributed by atoms with Gasteiger partial charge in [0.05, 0.1) is 7.11 Å². The van der Waals surface area contributed by atoms with Gasteiger partial charge in [0, 0.05) is 19.7 Å². The van der Waals surface area contributed by atoms with Gasteiger partial charge in [0.1, 0.15) is 5.82 Å². The average molecular weight is 209 g/mol. The van der Waals surface area contributed by atoms with E-state index in [4.69, 9.17) is 10.5 Å². The highest BCUT2D eigenvalue weighted by atomic mass is 16.5. The van der Waals surface area contributed by atoms with Crippen LogP contribution in [0.15, 0.2) is 18.2 Å². The highest BCUT2D eigenvalue weighted by Crippen LogP contribution is 2.14. The summed E-state index contributed by atoms with van der Waals surface area (Å²) in [5, 5.41) is 0. The molecule has 0 radical (unpaired) electrons. The molecule has 0 aliphatic heterocycles. The van der Waals surface area contributed by atoms with Gasteiger partial charge in [0.15, 0.2) is 0 Å². The average Bonchev–Trinajstić information content (AvgIpc) is 2.28. The van der Waals surface area contributed by atoms with Crippen LogP contribution in [0.5, 0.6) is 5.88 Å². The third-order valence-electron chi connectivity index (χ3n) is 2.30. The molecule has 4 heteroatoms. The van der Waals surface area contributed by atoms with E-state index in [2.05, 4.69) is 16.8 Å². The van der Waals surface area contributed by atoms with Crippen molar-refractivity contribution >= 4 is 5.82 Å². The van der Waals surface area contributed by atoms with Gasteiger partial charge in [-0.2, -0.15) is 4.98 Å². The van der Waals surface area contributed by atoms with Crippen LogP contribution in [0, 0.1) is 5.92 Å². The van der Waals surface area contributed by atoms with Crippen LogP contribution in [0.4, 0.5) is 5.82 Å². The number of aromatic nitrogens is 1. The van der Waals surface area contributed by atoms with E-state index in [9.17, 15) is 0 Å². The van der Waals surface area contributed by atoms with Gasteiger partial charge in [0.2, 0.25) is 5.88 Å². The molecular formula is C11H19N3O. The Morgan fingerprint density at radius 2 is 2.27 bits per heavy atom. The fraction of sp³-hybridized carbons (Fsp3) is 0.545. The second-order valence-electron chi connectivity index (χ2n) is 3.76. The normalized spacial score (nSPS) is 12.3. The van der Waals surface area contributed by atoms with Crippen LogP contribution in [-0.2, 0) is 0 Å². The van der Waals surface area contributed by atoms with Crippen LogP contribution in [0.1, 0.15) is 6.92 Å². The minimum absolute atomic E-state index is 0.461. The maximum atomic E-state index is 5.58. The van der Waals surface area contributed by atoms with Gasteiger partial charge in [0.25, 0.3) is 0 Å². The molecule has 0 aromatic carbocycles. The van der Waals surface area contributed by atoms with E-state index in [1.165, 1.54) is 0 Å². The molecule has 0 fully saturated rings. The summed E-state index contributed by atoms with van der Waals surface area (Å²) in [6, 6.07) is 5.74. The van der Waals surface area contributed by atoms with Gasteiger partial charge >= 0.3 is 0 Å². The number of ether oxygens (including phenoxy) is 1. The number of hydrogen-bond acceptors (Lipinski definition) is 4. The number of methoxy groups -OCH3 is 1. The molecule has 0 spiro atoms. The van der Waals surface area contributed by atoms with E-state index in [1.54, 1.807) is 7.11 Å². The molecule has 0 aliphatic rings. The Balaban J connectivity index is 2.68. The molecule has 0 amide bonds. The molecule has 0 saturated heterocycles. The number of pyridine rings is 1. The van der Waals surface area contributed by atoms with Crippen LogP contribution in [0.3, 0.4) is 0 Å². The maximum absolute atomic E-state index is 5.58. The lowest BCUT2D eigenvalue weighted by molar-refractivity contribution is 0.397. The third-order valence-corrected chi connectivity index (χ3v) is 2.30. The van der Waals surface area contributed by atoms with Crippen molar-refractivity contribution in [2.75, 3.05) is 32.1 Å². The Morgan fingerprint density at radius 3 is 2.87 bits per heavy atom. The predicted molar refractivity (Wildman–Crippen MR) is 62.3 cm³/mol. The van der Waals surface area contributed by atoms with Crippen molar-refractivity contribution in [3.05, 3.63) is 18.2 Å². The van der Waals surface area contributed by atoms with Gasteiger partial charge in [-0.3, -0.25) is 0 Å². The van der Waals surface area contributed by atoms with E-state index in [0.29, 0.717) is 18.3 Å². The molecule has 84 valence electrons. The van der Waals surface area contributed by atoms with Gasteiger partial charge in [-0.1, -0.05) is 13.0 Å². The first-order chi connectivity index (χ1) is 7.17. The summed E-state index contributed by atoms with van der Waals surface area (Å²) in [4.78, 5) is 6.42. The molecule has 1 atom stereocenters. The summed E-state index contributed by atoms with van der Waals surface area (Å²) in [6.07, 6.45) is 0. The van der Waals surface area contributed by atoms with Crippen molar-refractivity contribution in [3.8, 4) is 5.88 Å². The molecule has 0 aliphatic carbocycles. The Kier molecular flexibility index (Phi) is 4.37. The van der Waals surface area contributed by atoms with Crippen molar-refractivity contribution in [3.63, 3.8) is 0 Å². The Hall–Kier alpha value is -1.29. The molecule has 2 N–H and O–H groups in total. The van der Waals surface area contributed by atoms with Gasteiger partial charge in [-0.25, -0.2) is 0 Å². The first kappa shape index (κ1) is 11.8. The molecule has 1 unspecified atom stereocenters. The lowest BCUT2D eigenvalue weighted by Crippen LogP contribution is -2.28. The van der Waals surface area contributed by atoms with E-state index >= 15 is 0 Å². The Labute approximate surface area is 91.1 Å². The summed E-state index contributed by atoms with van der Waals surface area (Å²) < 4.78 is 5.07. The summed E-state index contributed by atoms with van der Waals surface area (Å²) in [5.41, 5.74) is 5.58. The molecule has 1 aromatic rings. The summed E-state index contributed by atoms with van der Waals surface area (Å²) in [5.74, 6) is 2.01. The minimum atomic E-state index is 0.461. The lowest BCUT2D eigenvalue weighted by atomic mass is 10.2. The van der Waals surface area contributed by atoms with Crippen molar-refractivity contribution in [2.24, 2.45) is 11.7 Å². The summed E-state index contributed by atoms with van der Waals surface area (Å²) >= 11 is 0. The molecule has 0 saturated carbocycles. The molecule has 15 heavy (non-hydrogen) atoms. The monoisotopic (exact) mass is 209 g/mol. The van der Waals surface area contributed by atoms with Crippen LogP contribution in [0.2, 0.25) is 0 Å². The standard InChI is InChI=1S/C11H19N3O/c1-9(7-12)8-14(2)10-5-4-6-11(13-10)15-3/h4-6,9H,7-8,12H2,1-3H3. The highest BCUT2D eigenvalue weighted by Gasteiger charge is 2.07. The van der Waals surface area contributed by atoms with E-state index in [0.717, 1.165) is 12.4 Å².